The summed E-state index contributed by atoms with van der Waals surface area (Å²) in [4.78, 5) is 48.4. The third-order valence-corrected chi connectivity index (χ3v) is 7.85. The molecule has 6 rings (SSSR count). The zero-order valence-electron chi connectivity index (χ0n) is 26.4. The van der Waals surface area contributed by atoms with Crippen molar-refractivity contribution in [1.29, 1.82) is 0 Å². The SMILES string of the molecule is CC1=NOC(CC(=O)Nc2ccc(C(=O)N(CC(=O)O)Cc3ccc(-c4noc(-c5ccc(-c6ccc(C)cc6)cc5)n4)cc3)cc2)C1. The predicted octanol–water partition coefficient (Wildman–Crippen LogP) is 6.60. The number of nitrogens with zero attached hydrogens (tertiary/aromatic N) is 4. The van der Waals surface area contributed by atoms with E-state index in [1.54, 1.807) is 48.5 Å². The number of anilines is 1. The largest absolute Gasteiger partial charge is 0.480 e. The average Bonchev–Trinajstić information content (AvgIpc) is 3.74. The summed E-state index contributed by atoms with van der Waals surface area (Å²) in [6, 6.07) is 29.7. The molecule has 5 aromatic rings. The first-order valence-corrected chi connectivity index (χ1v) is 15.4. The van der Waals surface area contributed by atoms with Gasteiger partial charge in [-0.15, -0.1) is 0 Å². The number of hydrogen-bond donors (Lipinski definition) is 2. The van der Waals surface area contributed by atoms with Crippen molar-refractivity contribution >= 4 is 29.2 Å². The monoisotopic (exact) mass is 643 g/mol. The van der Waals surface area contributed by atoms with Crippen LogP contribution in [0.15, 0.2) is 107 Å². The third-order valence-electron chi connectivity index (χ3n) is 7.85. The fraction of sp³-hybridized carbons (Fsp3) is 0.189. The number of nitrogens with one attached hydrogen (secondary N) is 1. The van der Waals surface area contributed by atoms with E-state index >= 15 is 0 Å². The summed E-state index contributed by atoms with van der Waals surface area (Å²) in [7, 11) is 0. The van der Waals surface area contributed by atoms with Gasteiger partial charge in [0.1, 0.15) is 12.6 Å². The number of hydrogen-bond acceptors (Lipinski definition) is 8. The van der Waals surface area contributed by atoms with Gasteiger partial charge in [-0.25, -0.2) is 0 Å². The van der Waals surface area contributed by atoms with Crippen LogP contribution in [0.4, 0.5) is 5.69 Å². The maximum Gasteiger partial charge on any atom is 0.323 e. The maximum atomic E-state index is 13.3. The van der Waals surface area contributed by atoms with Crippen molar-refractivity contribution in [3.63, 3.8) is 0 Å². The Hall–Kier alpha value is -6.10. The van der Waals surface area contributed by atoms with E-state index in [-0.39, 0.29) is 25.0 Å². The van der Waals surface area contributed by atoms with Crippen molar-refractivity contribution in [2.45, 2.75) is 39.3 Å². The van der Waals surface area contributed by atoms with Gasteiger partial charge in [-0.1, -0.05) is 76.5 Å². The van der Waals surface area contributed by atoms with Crippen molar-refractivity contribution in [3.8, 4) is 34.0 Å². The molecule has 2 amide bonds. The molecule has 0 fully saturated rings. The van der Waals surface area contributed by atoms with E-state index in [1.807, 2.05) is 31.2 Å². The average molecular weight is 644 g/mol. The van der Waals surface area contributed by atoms with Crippen molar-refractivity contribution in [2.75, 3.05) is 11.9 Å². The van der Waals surface area contributed by atoms with E-state index in [1.165, 1.54) is 10.5 Å². The van der Waals surface area contributed by atoms with Crippen LogP contribution in [-0.2, 0) is 21.0 Å². The van der Waals surface area contributed by atoms with Gasteiger partial charge in [0.25, 0.3) is 11.8 Å². The van der Waals surface area contributed by atoms with Crippen molar-refractivity contribution in [2.24, 2.45) is 5.16 Å². The lowest BCUT2D eigenvalue weighted by Gasteiger charge is -2.21. The molecule has 0 bridgehead atoms. The number of aliphatic carboxylic acids is 1. The highest BCUT2D eigenvalue weighted by atomic mass is 16.6. The topological polar surface area (TPSA) is 147 Å². The molecular formula is C37H33N5O6. The minimum Gasteiger partial charge on any atom is -0.480 e. The number of carbonyl (C=O) groups is 3. The van der Waals surface area contributed by atoms with Gasteiger partial charge in [0.2, 0.25) is 11.7 Å². The second-order valence-corrected chi connectivity index (χ2v) is 11.7. The van der Waals surface area contributed by atoms with Crippen LogP contribution < -0.4 is 5.32 Å². The molecule has 1 aliphatic rings. The van der Waals surface area contributed by atoms with Gasteiger partial charge < -0.3 is 24.7 Å². The van der Waals surface area contributed by atoms with Gasteiger partial charge in [0.05, 0.1) is 12.1 Å². The Labute approximate surface area is 276 Å². The number of aryl methyl sites for hydroxylation is 1. The van der Waals surface area contributed by atoms with Gasteiger partial charge in [-0.05, 0) is 66.9 Å². The number of carboxylic acid groups (broad SMARTS) is 1. The van der Waals surface area contributed by atoms with Crippen LogP contribution >= 0.6 is 0 Å². The highest BCUT2D eigenvalue weighted by molar-refractivity contribution is 5.97. The molecule has 0 saturated carbocycles. The predicted molar refractivity (Wildman–Crippen MR) is 180 cm³/mol. The molecule has 11 nitrogen and oxygen atoms in total. The third kappa shape index (κ3) is 7.81. The number of oxime groups is 1. The van der Waals surface area contributed by atoms with Gasteiger partial charge in [-0.3, -0.25) is 14.4 Å². The van der Waals surface area contributed by atoms with E-state index in [9.17, 15) is 19.5 Å². The Bertz CT molecular complexity index is 1950. The lowest BCUT2D eigenvalue weighted by Crippen LogP contribution is -2.35. The zero-order chi connectivity index (χ0) is 33.6. The zero-order valence-corrected chi connectivity index (χ0v) is 26.4. The quantitative estimate of drug-likeness (QED) is 0.164. The number of carboxylic acids is 1. The van der Waals surface area contributed by atoms with Crippen LogP contribution in [0.3, 0.4) is 0 Å². The fourth-order valence-corrected chi connectivity index (χ4v) is 5.33. The molecular weight excluding hydrogens is 610 g/mol. The van der Waals surface area contributed by atoms with Crippen LogP contribution in [0, 0.1) is 6.92 Å². The summed E-state index contributed by atoms with van der Waals surface area (Å²) in [6.07, 6.45) is 0.469. The lowest BCUT2D eigenvalue weighted by molar-refractivity contribution is -0.137. The van der Waals surface area contributed by atoms with Gasteiger partial charge in [0, 0.05) is 35.3 Å². The highest BCUT2D eigenvalue weighted by Gasteiger charge is 2.22. The number of rotatable bonds is 11. The molecule has 2 heterocycles. The molecule has 11 heteroatoms. The fourth-order valence-electron chi connectivity index (χ4n) is 5.33. The molecule has 0 radical (unpaired) electrons. The molecule has 0 saturated heterocycles. The van der Waals surface area contributed by atoms with Crippen LogP contribution in [0.25, 0.3) is 34.0 Å². The number of carbonyl (C=O) groups excluding carboxylic acids is 2. The number of aromatic nitrogens is 2. The Kier molecular flexibility index (Phi) is 9.38. The molecule has 242 valence electrons. The number of amides is 2. The molecule has 1 aromatic heterocycles. The first-order valence-electron chi connectivity index (χ1n) is 15.4. The van der Waals surface area contributed by atoms with E-state index in [4.69, 9.17) is 9.36 Å². The van der Waals surface area contributed by atoms with Crippen molar-refractivity contribution in [3.05, 3.63) is 114 Å². The lowest BCUT2D eigenvalue weighted by atomic mass is 10.0. The second kappa shape index (κ2) is 14.1. The van der Waals surface area contributed by atoms with Crippen molar-refractivity contribution in [1.82, 2.24) is 15.0 Å². The molecule has 1 atom stereocenters. The van der Waals surface area contributed by atoms with Crippen LogP contribution in [-0.4, -0.2) is 56.3 Å². The molecule has 4 aromatic carbocycles. The second-order valence-electron chi connectivity index (χ2n) is 11.7. The highest BCUT2D eigenvalue weighted by Crippen LogP contribution is 2.27. The minimum atomic E-state index is -1.14. The normalized spacial score (nSPS) is 13.8. The van der Waals surface area contributed by atoms with Crippen molar-refractivity contribution < 1.29 is 28.9 Å². The smallest absolute Gasteiger partial charge is 0.323 e. The van der Waals surface area contributed by atoms with E-state index < -0.39 is 18.4 Å². The minimum absolute atomic E-state index is 0.0671. The van der Waals surface area contributed by atoms with E-state index in [2.05, 4.69) is 51.8 Å². The molecule has 0 aliphatic carbocycles. The van der Waals surface area contributed by atoms with Crippen LogP contribution in [0.1, 0.15) is 41.3 Å². The van der Waals surface area contributed by atoms with E-state index in [0.29, 0.717) is 35.0 Å². The molecule has 48 heavy (non-hydrogen) atoms. The summed E-state index contributed by atoms with van der Waals surface area (Å²) in [5.41, 5.74) is 7.28. The summed E-state index contributed by atoms with van der Waals surface area (Å²) >= 11 is 0. The molecule has 2 N–H and O–H groups in total. The van der Waals surface area contributed by atoms with Crippen LogP contribution in [0.5, 0.6) is 0 Å². The maximum absolute atomic E-state index is 13.3. The first-order chi connectivity index (χ1) is 23.2. The van der Waals surface area contributed by atoms with Crippen LogP contribution in [0.2, 0.25) is 0 Å². The summed E-state index contributed by atoms with van der Waals surface area (Å²) in [5, 5.41) is 20.3. The molecule has 0 spiro atoms. The first kappa shape index (κ1) is 31.9. The summed E-state index contributed by atoms with van der Waals surface area (Å²) < 4.78 is 5.54. The Morgan fingerprint density at radius 2 is 1.46 bits per heavy atom. The summed E-state index contributed by atoms with van der Waals surface area (Å²) in [5.74, 6) is -1.03. The summed E-state index contributed by atoms with van der Waals surface area (Å²) in [6.45, 7) is 3.48. The van der Waals surface area contributed by atoms with Gasteiger partial charge >= 0.3 is 5.97 Å². The Balaban J connectivity index is 1.08. The Morgan fingerprint density at radius 1 is 0.833 bits per heavy atom. The van der Waals surface area contributed by atoms with Gasteiger partial charge in [0.15, 0.2) is 0 Å². The van der Waals surface area contributed by atoms with E-state index in [0.717, 1.165) is 28.0 Å². The molecule has 1 aliphatic heterocycles. The number of benzene rings is 4. The Morgan fingerprint density at radius 3 is 2.08 bits per heavy atom. The standard InChI is InChI=1S/C37H33N5O6/c1-23-3-7-26(8-4-23)27-11-13-29(14-12-27)36-39-35(41-48-36)28-9-5-25(6-10-28)21-42(22-34(44)45)37(46)30-15-17-31(18-16-30)38-33(43)20-32-19-24(2)40-47-32/h3-18,32H,19-22H2,1-2H3,(H,38,43)(H,44,45). The molecule has 1 unspecified atom stereocenters. The van der Waals surface area contributed by atoms with Gasteiger partial charge in [-0.2, -0.15) is 4.98 Å².